The quantitative estimate of drug-likeness (QED) is 0.763. The van der Waals surface area contributed by atoms with Gasteiger partial charge in [0.25, 0.3) is 0 Å². The van der Waals surface area contributed by atoms with Crippen molar-refractivity contribution in [3.8, 4) is 11.5 Å². The first-order valence-electron chi connectivity index (χ1n) is 7.33. The number of benzene rings is 1. The van der Waals surface area contributed by atoms with E-state index in [1.54, 1.807) is 24.4 Å². The average Bonchev–Trinajstić information content (AvgIpc) is 3.08. The van der Waals surface area contributed by atoms with Crippen molar-refractivity contribution in [2.24, 2.45) is 0 Å². The second-order valence-corrected chi connectivity index (χ2v) is 5.76. The van der Waals surface area contributed by atoms with Gasteiger partial charge in [-0.1, -0.05) is 29.8 Å². The van der Waals surface area contributed by atoms with Gasteiger partial charge in [-0.3, -0.25) is 14.6 Å². The van der Waals surface area contributed by atoms with Crippen LogP contribution in [-0.2, 0) is 0 Å². The highest BCUT2D eigenvalue weighted by Gasteiger charge is 2.35. The summed E-state index contributed by atoms with van der Waals surface area (Å²) in [5.74, 6) is -1.18. The fourth-order valence-electron chi connectivity index (χ4n) is 2.64. The zero-order valence-electron chi connectivity index (χ0n) is 12.6. The van der Waals surface area contributed by atoms with Crippen molar-refractivity contribution in [1.29, 1.82) is 0 Å². The Kier molecular flexibility index (Phi) is 3.54. The minimum absolute atomic E-state index is 0.0123. The van der Waals surface area contributed by atoms with Crippen LogP contribution in [0.1, 0.15) is 26.5 Å². The third-order valence-corrected chi connectivity index (χ3v) is 4.19. The number of carbonyl (C=O) groups excluding carboxylic acids is 2. The summed E-state index contributed by atoms with van der Waals surface area (Å²) in [6.45, 7) is 0. The molecule has 2 aromatic heterocycles. The summed E-state index contributed by atoms with van der Waals surface area (Å²) in [7, 11) is 0. The maximum atomic E-state index is 13.1. The molecule has 1 aliphatic rings. The van der Waals surface area contributed by atoms with E-state index in [1.807, 2.05) is 0 Å². The van der Waals surface area contributed by atoms with E-state index in [-0.39, 0.29) is 22.0 Å². The fourth-order valence-corrected chi connectivity index (χ4v) is 2.93. The van der Waals surface area contributed by atoms with Crippen LogP contribution in [0, 0.1) is 5.82 Å². The molecule has 0 radical (unpaired) electrons. The molecule has 25 heavy (non-hydrogen) atoms. The van der Waals surface area contributed by atoms with Gasteiger partial charge in [0, 0.05) is 6.20 Å². The van der Waals surface area contributed by atoms with Crippen molar-refractivity contribution in [1.82, 2.24) is 15.0 Å². The van der Waals surface area contributed by atoms with Crippen LogP contribution >= 0.6 is 11.6 Å². The van der Waals surface area contributed by atoms with E-state index in [1.165, 1.54) is 24.3 Å². The molecular weight excluding hydrogens is 345 g/mol. The largest absolute Gasteiger partial charge is 0.333 e. The van der Waals surface area contributed by atoms with Crippen molar-refractivity contribution >= 4 is 28.7 Å². The second-order valence-electron chi connectivity index (χ2n) is 5.38. The van der Waals surface area contributed by atoms with E-state index in [9.17, 15) is 14.0 Å². The topological polar surface area (TPSA) is 75.7 Å². The third-order valence-electron chi connectivity index (χ3n) is 3.83. The Labute approximate surface area is 146 Å². The van der Waals surface area contributed by atoms with Gasteiger partial charge in [-0.05, 0) is 29.8 Å². The molecule has 3 aromatic rings. The van der Waals surface area contributed by atoms with E-state index in [0.717, 1.165) is 0 Å². The van der Waals surface area contributed by atoms with Crippen LogP contribution in [0.25, 0.3) is 17.1 Å². The van der Waals surface area contributed by atoms with Crippen LogP contribution in [0.4, 0.5) is 4.39 Å². The molecule has 1 aliphatic carbocycles. The highest BCUT2D eigenvalue weighted by atomic mass is 35.5. The molecule has 0 spiro atoms. The Balaban J connectivity index is 1.84. The number of rotatable bonds is 2. The van der Waals surface area contributed by atoms with Crippen LogP contribution in [0.3, 0.4) is 0 Å². The summed E-state index contributed by atoms with van der Waals surface area (Å²) in [5, 5.41) is -0.222. The van der Waals surface area contributed by atoms with Crippen LogP contribution in [-0.4, -0.2) is 26.5 Å². The molecule has 5 nitrogen and oxygen atoms in total. The molecule has 0 aliphatic heterocycles. The van der Waals surface area contributed by atoms with Gasteiger partial charge in [0.15, 0.2) is 5.82 Å². The first-order chi connectivity index (χ1) is 12.1. The number of fused-ring (bicyclic) bond motifs is 1. The molecule has 1 aromatic carbocycles. The van der Waals surface area contributed by atoms with E-state index in [2.05, 4.69) is 15.0 Å². The number of pyridine rings is 1. The maximum absolute atomic E-state index is 13.1. The van der Waals surface area contributed by atoms with Crippen LogP contribution in [0.15, 0.2) is 53.7 Å². The van der Waals surface area contributed by atoms with Crippen LogP contribution < -0.4 is 0 Å². The lowest BCUT2D eigenvalue weighted by molar-refractivity contribution is 0.0993. The molecule has 0 saturated heterocycles. The second kappa shape index (κ2) is 5.75. The van der Waals surface area contributed by atoms with Gasteiger partial charge in [-0.15, -0.1) is 0 Å². The van der Waals surface area contributed by atoms with E-state index in [4.69, 9.17) is 11.6 Å². The molecule has 0 saturated carbocycles. The Hall–Kier alpha value is -3.12. The molecule has 0 unspecified atom stereocenters. The van der Waals surface area contributed by atoms with Crippen molar-refractivity contribution in [3.63, 3.8) is 0 Å². The summed E-state index contributed by atoms with van der Waals surface area (Å²) in [5.41, 5.74) is 0.879. The molecule has 4 rings (SSSR count). The van der Waals surface area contributed by atoms with Crippen molar-refractivity contribution < 1.29 is 14.0 Å². The number of aromatic nitrogens is 3. The molecule has 0 bridgehead atoms. The Bertz CT molecular complexity index is 1040. The molecule has 1 N–H and O–H groups in total. The highest BCUT2D eigenvalue weighted by molar-refractivity contribution is 6.56. The number of allylic oxidation sites excluding steroid dienone is 2. The summed E-state index contributed by atoms with van der Waals surface area (Å²) in [6, 6.07) is 10.4. The number of hydrogen-bond donors (Lipinski definition) is 1. The lowest BCUT2D eigenvalue weighted by Gasteiger charge is -2.13. The molecule has 0 fully saturated rings. The van der Waals surface area contributed by atoms with Gasteiger partial charge in [-0.2, -0.15) is 0 Å². The lowest BCUT2D eigenvalue weighted by Crippen LogP contribution is -2.19. The monoisotopic (exact) mass is 353 g/mol. The van der Waals surface area contributed by atoms with Crippen molar-refractivity contribution in [2.45, 2.75) is 0 Å². The molecule has 7 heteroatoms. The number of nitrogens with one attached hydrogen (secondary N) is 1. The number of nitrogens with zero attached hydrogens (tertiary/aromatic N) is 2. The average molecular weight is 354 g/mol. The first kappa shape index (κ1) is 15.4. The number of carbonyl (C=O) groups is 2. The smallest absolute Gasteiger partial charge is 0.223 e. The lowest BCUT2D eigenvalue weighted by atomic mass is 9.92. The normalized spacial score (nSPS) is 14.0. The summed E-state index contributed by atoms with van der Waals surface area (Å²) in [4.78, 5) is 36.5. The zero-order chi connectivity index (χ0) is 17.6. The maximum Gasteiger partial charge on any atom is 0.223 e. The molecule has 2 heterocycles. The third kappa shape index (κ3) is 2.47. The predicted molar refractivity (Wildman–Crippen MR) is 89.7 cm³/mol. The summed E-state index contributed by atoms with van der Waals surface area (Å²) in [6.07, 6.45) is 1.58. The SMILES string of the molecule is O=C1C(c2ccc(F)cc2)=C(Cl)C(=O)c2[nH]c(-c3ccccn3)nc21. The number of H-pyrrole nitrogens is 1. The fraction of sp³-hybridized carbons (Fsp3) is 0. The molecule has 0 amide bonds. The van der Waals surface area contributed by atoms with Crippen molar-refractivity contribution in [2.75, 3.05) is 0 Å². The summed E-state index contributed by atoms with van der Waals surface area (Å²) >= 11 is 6.14. The first-order valence-corrected chi connectivity index (χ1v) is 7.70. The van der Waals surface area contributed by atoms with Gasteiger partial charge in [-0.25, -0.2) is 9.37 Å². The number of halogens is 2. The number of ketones is 2. The van der Waals surface area contributed by atoms with Gasteiger partial charge in [0.2, 0.25) is 11.6 Å². The van der Waals surface area contributed by atoms with Crippen LogP contribution in [0.2, 0.25) is 0 Å². The molecular formula is C18H9ClFN3O2. The zero-order valence-corrected chi connectivity index (χ0v) is 13.3. The Morgan fingerprint density at radius 2 is 1.76 bits per heavy atom. The summed E-state index contributed by atoms with van der Waals surface area (Å²) < 4.78 is 13.1. The van der Waals surface area contributed by atoms with E-state index >= 15 is 0 Å². The standard InChI is InChI=1S/C18H9ClFN3O2/c19-13-12(9-4-6-10(20)7-5-9)16(24)14-15(17(13)25)23-18(22-14)11-3-1-2-8-21-11/h1-8H,(H,22,23). The van der Waals surface area contributed by atoms with Gasteiger partial charge in [0.1, 0.15) is 27.9 Å². The predicted octanol–water partition coefficient (Wildman–Crippen LogP) is 3.64. The minimum Gasteiger partial charge on any atom is -0.333 e. The van der Waals surface area contributed by atoms with E-state index in [0.29, 0.717) is 17.1 Å². The highest BCUT2D eigenvalue weighted by Crippen LogP contribution is 2.34. The number of hydrogen-bond acceptors (Lipinski definition) is 4. The van der Waals surface area contributed by atoms with Gasteiger partial charge < -0.3 is 4.98 Å². The van der Waals surface area contributed by atoms with Crippen molar-refractivity contribution in [3.05, 3.63) is 76.5 Å². The number of Topliss-reactive ketones (excluding diaryl/α,β-unsaturated/α-hetero) is 2. The van der Waals surface area contributed by atoms with Gasteiger partial charge in [0.05, 0.1) is 5.57 Å². The van der Waals surface area contributed by atoms with E-state index < -0.39 is 17.4 Å². The van der Waals surface area contributed by atoms with Crippen LogP contribution in [0.5, 0.6) is 0 Å². The minimum atomic E-state index is -0.537. The number of aromatic amines is 1. The Morgan fingerprint density at radius 3 is 2.44 bits per heavy atom. The molecule has 122 valence electrons. The Morgan fingerprint density at radius 1 is 1.00 bits per heavy atom. The molecule has 0 atom stereocenters. The number of imidazole rings is 1. The van der Waals surface area contributed by atoms with Gasteiger partial charge >= 0.3 is 0 Å².